The number of carbonyl (C=O) groups is 3. The third-order valence-electron chi connectivity index (χ3n) is 6.69. The molecule has 1 heterocycles. The van der Waals surface area contributed by atoms with Crippen LogP contribution in [0.15, 0.2) is 41.6 Å². The van der Waals surface area contributed by atoms with Crippen LogP contribution in [0.5, 0.6) is 0 Å². The third kappa shape index (κ3) is 10.3. The number of nitrogens with one attached hydrogen (secondary N) is 4. The van der Waals surface area contributed by atoms with E-state index in [4.69, 9.17) is 14.3 Å². The summed E-state index contributed by atoms with van der Waals surface area (Å²) in [5.74, 6) is -1.43. The van der Waals surface area contributed by atoms with Crippen molar-refractivity contribution in [3.63, 3.8) is 0 Å². The van der Waals surface area contributed by atoms with Crippen LogP contribution in [-0.2, 0) is 20.9 Å². The minimum atomic E-state index is -0.860. The van der Waals surface area contributed by atoms with Crippen molar-refractivity contribution in [3.8, 4) is 0 Å². The van der Waals surface area contributed by atoms with Crippen molar-refractivity contribution < 1.29 is 33.1 Å². The van der Waals surface area contributed by atoms with Crippen molar-refractivity contribution in [3.05, 3.63) is 58.9 Å². The van der Waals surface area contributed by atoms with Crippen LogP contribution in [0.4, 0.5) is 25.4 Å². The standard InChI is InChI=1S/C32H43FN6O6/c1-31(2,3)44-29(41)36-22-14-15-39(18-22)27-24(17-34-43-19-20-10-8-7-9-11-20)26(35-21-12-13-21)23(16-25(27)33)28(40)37-38-30(42)45-32(4,5)6/h7-11,16-17,21-22,35H,12-15,18-19H2,1-6H3,(H,36,41)(H,37,40)(H,38,42)/b34-17+. The maximum atomic E-state index is 16.1. The van der Waals surface area contributed by atoms with Gasteiger partial charge in [-0.3, -0.25) is 10.2 Å². The maximum absolute atomic E-state index is 16.1. The fraction of sp³-hybridized carbons (Fsp3) is 0.500. The lowest BCUT2D eigenvalue weighted by Gasteiger charge is -2.26. The van der Waals surface area contributed by atoms with Crippen LogP contribution in [0.1, 0.15) is 82.3 Å². The van der Waals surface area contributed by atoms with E-state index in [1.165, 1.54) is 6.21 Å². The lowest BCUT2D eigenvalue weighted by molar-refractivity contribution is 0.0480. The normalized spacial score (nSPS) is 16.7. The molecule has 0 aromatic heterocycles. The van der Waals surface area contributed by atoms with Crippen LogP contribution in [0.2, 0.25) is 0 Å². The molecule has 1 atom stereocenters. The number of anilines is 2. The predicted molar refractivity (Wildman–Crippen MR) is 169 cm³/mol. The summed E-state index contributed by atoms with van der Waals surface area (Å²) in [6.07, 6.45) is 2.27. The van der Waals surface area contributed by atoms with E-state index < -0.39 is 35.1 Å². The second kappa shape index (κ2) is 14.0. The lowest BCUT2D eigenvalue weighted by atomic mass is 10.0. The molecule has 2 aromatic rings. The summed E-state index contributed by atoms with van der Waals surface area (Å²) in [6, 6.07) is 10.4. The molecule has 45 heavy (non-hydrogen) atoms. The van der Waals surface area contributed by atoms with Gasteiger partial charge in [0.1, 0.15) is 23.6 Å². The molecule has 244 valence electrons. The second-order valence-corrected chi connectivity index (χ2v) is 13.1. The average Bonchev–Trinajstić information content (AvgIpc) is 3.65. The van der Waals surface area contributed by atoms with Gasteiger partial charge in [-0.1, -0.05) is 35.5 Å². The van der Waals surface area contributed by atoms with Crippen LogP contribution in [0, 0.1) is 5.82 Å². The van der Waals surface area contributed by atoms with Gasteiger partial charge in [-0.2, -0.15) is 0 Å². The van der Waals surface area contributed by atoms with E-state index in [0.29, 0.717) is 30.8 Å². The Labute approximate surface area is 263 Å². The Hall–Kier alpha value is -4.55. The molecule has 0 spiro atoms. The Morgan fingerprint density at radius 2 is 1.62 bits per heavy atom. The van der Waals surface area contributed by atoms with Crippen LogP contribution < -0.4 is 26.4 Å². The van der Waals surface area contributed by atoms with Crippen molar-refractivity contribution in [2.75, 3.05) is 23.3 Å². The number of hydrogen-bond acceptors (Lipinski definition) is 9. The Morgan fingerprint density at radius 3 is 2.27 bits per heavy atom. The van der Waals surface area contributed by atoms with E-state index in [-0.39, 0.29) is 29.9 Å². The van der Waals surface area contributed by atoms with E-state index in [0.717, 1.165) is 24.5 Å². The molecule has 1 unspecified atom stereocenters. The lowest BCUT2D eigenvalue weighted by Crippen LogP contribution is -2.44. The summed E-state index contributed by atoms with van der Waals surface area (Å²) in [5.41, 5.74) is 4.80. The van der Waals surface area contributed by atoms with Gasteiger partial charge in [0, 0.05) is 24.7 Å². The fourth-order valence-corrected chi connectivity index (χ4v) is 4.68. The molecule has 2 aromatic carbocycles. The van der Waals surface area contributed by atoms with Crippen LogP contribution >= 0.6 is 0 Å². The van der Waals surface area contributed by atoms with Gasteiger partial charge in [-0.25, -0.2) is 19.4 Å². The molecule has 13 heteroatoms. The van der Waals surface area contributed by atoms with Crippen molar-refractivity contribution in [1.82, 2.24) is 16.2 Å². The van der Waals surface area contributed by atoms with Crippen LogP contribution in [0.25, 0.3) is 0 Å². The van der Waals surface area contributed by atoms with Gasteiger partial charge in [0.05, 0.1) is 29.2 Å². The highest BCUT2D eigenvalue weighted by atomic mass is 19.1. The number of hydrogen-bond donors (Lipinski definition) is 4. The van der Waals surface area contributed by atoms with Gasteiger partial charge in [0.2, 0.25) is 0 Å². The molecular weight excluding hydrogens is 583 g/mol. The van der Waals surface area contributed by atoms with Crippen molar-refractivity contribution in [2.24, 2.45) is 5.16 Å². The maximum Gasteiger partial charge on any atom is 0.426 e. The molecule has 3 amide bonds. The monoisotopic (exact) mass is 626 g/mol. The number of ether oxygens (including phenoxy) is 2. The molecule has 1 saturated carbocycles. The Morgan fingerprint density at radius 1 is 0.956 bits per heavy atom. The Kier molecular flexibility index (Phi) is 10.4. The molecule has 0 radical (unpaired) electrons. The molecule has 4 rings (SSSR count). The zero-order chi connectivity index (χ0) is 32.8. The minimum absolute atomic E-state index is 0.0358. The Bertz CT molecular complexity index is 1400. The summed E-state index contributed by atoms with van der Waals surface area (Å²) >= 11 is 0. The van der Waals surface area contributed by atoms with E-state index in [1.807, 2.05) is 30.3 Å². The highest BCUT2D eigenvalue weighted by Crippen LogP contribution is 2.37. The SMILES string of the molecule is CC(C)(C)OC(=O)NNC(=O)c1cc(F)c(N2CCC(NC(=O)OC(C)(C)C)C2)c(/C=N/OCc2ccccc2)c1NC1CC1. The number of alkyl carbamates (subject to hydrolysis) is 1. The molecule has 1 saturated heterocycles. The van der Waals surface area contributed by atoms with E-state index >= 15 is 4.39 Å². The first-order valence-corrected chi connectivity index (χ1v) is 15.0. The molecular formula is C32H43FN6O6. The van der Waals surface area contributed by atoms with Gasteiger partial charge < -0.3 is 29.8 Å². The quantitative estimate of drug-likeness (QED) is 0.219. The number of halogens is 1. The van der Waals surface area contributed by atoms with Crippen molar-refractivity contribution in [2.45, 2.75) is 90.7 Å². The average molecular weight is 627 g/mol. The molecule has 4 N–H and O–H groups in total. The number of oxime groups is 1. The number of benzene rings is 2. The highest BCUT2D eigenvalue weighted by molar-refractivity contribution is 6.07. The largest absolute Gasteiger partial charge is 0.444 e. The van der Waals surface area contributed by atoms with Gasteiger partial charge in [-0.15, -0.1) is 0 Å². The summed E-state index contributed by atoms with van der Waals surface area (Å²) in [4.78, 5) is 45.3. The third-order valence-corrected chi connectivity index (χ3v) is 6.69. The smallest absolute Gasteiger partial charge is 0.426 e. The zero-order valence-electron chi connectivity index (χ0n) is 26.7. The first-order valence-electron chi connectivity index (χ1n) is 15.0. The van der Waals surface area contributed by atoms with Crippen molar-refractivity contribution in [1.29, 1.82) is 0 Å². The number of amides is 3. The second-order valence-electron chi connectivity index (χ2n) is 13.1. The fourth-order valence-electron chi connectivity index (χ4n) is 4.68. The van der Waals surface area contributed by atoms with E-state index in [9.17, 15) is 14.4 Å². The number of rotatable bonds is 9. The molecule has 1 aliphatic heterocycles. The number of nitrogens with zero attached hydrogens (tertiary/aromatic N) is 2. The molecule has 2 fully saturated rings. The minimum Gasteiger partial charge on any atom is -0.444 e. The topological polar surface area (TPSA) is 143 Å². The summed E-state index contributed by atoms with van der Waals surface area (Å²) in [6.45, 7) is 11.3. The van der Waals surface area contributed by atoms with Gasteiger partial charge in [-0.05, 0) is 72.4 Å². The zero-order valence-corrected chi connectivity index (χ0v) is 26.7. The van der Waals surface area contributed by atoms with Crippen molar-refractivity contribution >= 4 is 35.7 Å². The Balaban J connectivity index is 1.64. The molecule has 0 bridgehead atoms. The summed E-state index contributed by atoms with van der Waals surface area (Å²) in [7, 11) is 0. The van der Waals surface area contributed by atoms with Gasteiger partial charge in [0.25, 0.3) is 5.91 Å². The first-order chi connectivity index (χ1) is 21.2. The summed E-state index contributed by atoms with van der Waals surface area (Å²) < 4.78 is 26.7. The van der Waals surface area contributed by atoms with E-state index in [1.54, 1.807) is 46.4 Å². The molecule has 12 nitrogen and oxygen atoms in total. The van der Waals surface area contributed by atoms with Gasteiger partial charge >= 0.3 is 12.2 Å². The molecule has 1 aliphatic carbocycles. The summed E-state index contributed by atoms with van der Waals surface area (Å²) in [5, 5.41) is 10.4. The first kappa shape index (κ1) is 33.3. The van der Waals surface area contributed by atoms with E-state index in [2.05, 4.69) is 26.6 Å². The predicted octanol–water partition coefficient (Wildman–Crippen LogP) is 5.22. The highest BCUT2D eigenvalue weighted by Gasteiger charge is 2.33. The van der Waals surface area contributed by atoms with Crippen LogP contribution in [-0.4, -0.2) is 60.7 Å². The number of hydrazine groups is 1. The van der Waals surface area contributed by atoms with Crippen LogP contribution in [0.3, 0.4) is 0 Å². The van der Waals surface area contributed by atoms with Gasteiger partial charge in [0.15, 0.2) is 0 Å². The number of carbonyl (C=O) groups excluding carboxylic acids is 3. The molecule has 2 aliphatic rings.